The SMILES string of the molecule is Cc1ccc(F)c(-c2ccc(Cl)cc2F)c1. The third-order valence-electron chi connectivity index (χ3n) is 2.34. The van der Waals surface area contributed by atoms with Crippen LogP contribution in [0.3, 0.4) is 0 Å². The van der Waals surface area contributed by atoms with Gasteiger partial charge in [0.1, 0.15) is 11.6 Å². The van der Waals surface area contributed by atoms with Crippen molar-refractivity contribution in [3.63, 3.8) is 0 Å². The van der Waals surface area contributed by atoms with Gasteiger partial charge in [0.25, 0.3) is 0 Å². The van der Waals surface area contributed by atoms with Gasteiger partial charge in [0, 0.05) is 16.1 Å². The van der Waals surface area contributed by atoms with Crippen LogP contribution < -0.4 is 0 Å². The molecule has 3 heteroatoms. The first-order valence-electron chi connectivity index (χ1n) is 4.79. The van der Waals surface area contributed by atoms with Crippen LogP contribution in [0.25, 0.3) is 11.1 Å². The summed E-state index contributed by atoms with van der Waals surface area (Å²) in [7, 11) is 0. The van der Waals surface area contributed by atoms with E-state index in [-0.39, 0.29) is 11.1 Å². The molecule has 0 saturated carbocycles. The van der Waals surface area contributed by atoms with Crippen LogP contribution in [0, 0.1) is 18.6 Å². The molecule has 0 spiro atoms. The molecule has 0 atom stereocenters. The van der Waals surface area contributed by atoms with Crippen molar-refractivity contribution in [2.24, 2.45) is 0 Å². The van der Waals surface area contributed by atoms with E-state index in [0.29, 0.717) is 5.02 Å². The quantitative estimate of drug-likeness (QED) is 0.682. The average Bonchev–Trinajstić information content (AvgIpc) is 2.22. The van der Waals surface area contributed by atoms with Crippen molar-refractivity contribution in [3.8, 4) is 11.1 Å². The molecule has 2 aromatic rings. The molecule has 0 aromatic heterocycles. The fourth-order valence-corrected chi connectivity index (χ4v) is 1.71. The molecule has 0 saturated heterocycles. The number of halogens is 3. The molecule has 0 nitrogen and oxygen atoms in total. The highest BCUT2D eigenvalue weighted by Gasteiger charge is 2.10. The fourth-order valence-electron chi connectivity index (χ4n) is 1.55. The van der Waals surface area contributed by atoms with Gasteiger partial charge >= 0.3 is 0 Å². The van der Waals surface area contributed by atoms with Gasteiger partial charge in [-0.2, -0.15) is 0 Å². The maximum Gasteiger partial charge on any atom is 0.132 e. The van der Waals surface area contributed by atoms with Gasteiger partial charge in [-0.05, 0) is 37.3 Å². The second-order valence-corrected chi connectivity index (χ2v) is 4.04. The highest BCUT2D eigenvalue weighted by Crippen LogP contribution is 2.28. The summed E-state index contributed by atoms with van der Waals surface area (Å²) < 4.78 is 27.1. The van der Waals surface area contributed by atoms with Gasteiger partial charge in [-0.3, -0.25) is 0 Å². The fraction of sp³-hybridized carbons (Fsp3) is 0.0769. The molecular formula is C13H9ClF2. The van der Waals surface area contributed by atoms with Crippen LogP contribution in [0.4, 0.5) is 8.78 Å². The lowest BCUT2D eigenvalue weighted by atomic mass is 10.0. The molecule has 0 unspecified atom stereocenters. The molecular weight excluding hydrogens is 230 g/mol. The molecule has 2 aromatic carbocycles. The van der Waals surface area contributed by atoms with Crippen molar-refractivity contribution in [2.45, 2.75) is 6.92 Å². The molecule has 0 heterocycles. The number of hydrogen-bond acceptors (Lipinski definition) is 0. The Labute approximate surface area is 97.5 Å². The highest BCUT2D eigenvalue weighted by molar-refractivity contribution is 6.30. The van der Waals surface area contributed by atoms with Crippen molar-refractivity contribution in [1.29, 1.82) is 0 Å². The largest absolute Gasteiger partial charge is 0.206 e. The first-order valence-corrected chi connectivity index (χ1v) is 5.17. The molecule has 0 bridgehead atoms. The molecule has 0 aliphatic heterocycles. The van der Waals surface area contributed by atoms with Crippen LogP contribution in [0.1, 0.15) is 5.56 Å². The smallest absolute Gasteiger partial charge is 0.132 e. The maximum atomic E-state index is 13.6. The van der Waals surface area contributed by atoms with Crippen LogP contribution in [0.5, 0.6) is 0 Å². The van der Waals surface area contributed by atoms with Gasteiger partial charge in [0.15, 0.2) is 0 Å². The van der Waals surface area contributed by atoms with Gasteiger partial charge in [0.05, 0.1) is 0 Å². The number of benzene rings is 2. The first kappa shape index (κ1) is 11.1. The normalized spacial score (nSPS) is 10.5. The Morgan fingerprint density at radius 1 is 0.875 bits per heavy atom. The van der Waals surface area contributed by atoms with E-state index in [1.165, 1.54) is 18.2 Å². The van der Waals surface area contributed by atoms with E-state index in [0.717, 1.165) is 5.56 Å². The molecule has 16 heavy (non-hydrogen) atoms. The molecule has 0 aliphatic carbocycles. The Morgan fingerprint density at radius 3 is 2.31 bits per heavy atom. The van der Waals surface area contributed by atoms with Crippen molar-refractivity contribution in [1.82, 2.24) is 0 Å². The summed E-state index contributed by atoms with van der Waals surface area (Å²) in [5.74, 6) is -0.955. The van der Waals surface area contributed by atoms with Crippen LogP contribution in [0.2, 0.25) is 5.02 Å². The average molecular weight is 239 g/mol. The Hall–Kier alpha value is -1.41. The van der Waals surface area contributed by atoms with E-state index >= 15 is 0 Å². The van der Waals surface area contributed by atoms with Crippen molar-refractivity contribution < 1.29 is 8.78 Å². The summed E-state index contributed by atoms with van der Waals surface area (Å²) >= 11 is 5.64. The summed E-state index contributed by atoms with van der Waals surface area (Å²) in [5, 5.41) is 0.300. The minimum absolute atomic E-state index is 0.227. The lowest BCUT2D eigenvalue weighted by molar-refractivity contribution is 0.616. The van der Waals surface area contributed by atoms with Crippen molar-refractivity contribution in [3.05, 3.63) is 58.6 Å². The van der Waals surface area contributed by atoms with Gasteiger partial charge in [-0.25, -0.2) is 8.78 Å². The zero-order valence-electron chi connectivity index (χ0n) is 8.60. The summed E-state index contributed by atoms with van der Waals surface area (Å²) in [5.41, 5.74) is 1.37. The predicted octanol–water partition coefficient (Wildman–Crippen LogP) is 4.59. The van der Waals surface area contributed by atoms with Crippen molar-refractivity contribution in [2.75, 3.05) is 0 Å². The van der Waals surface area contributed by atoms with Crippen LogP contribution >= 0.6 is 11.6 Å². The minimum Gasteiger partial charge on any atom is -0.206 e. The zero-order valence-corrected chi connectivity index (χ0v) is 9.35. The minimum atomic E-state index is -0.517. The lowest BCUT2D eigenvalue weighted by Crippen LogP contribution is -1.89. The summed E-state index contributed by atoms with van der Waals surface area (Å²) in [4.78, 5) is 0. The Balaban J connectivity index is 2.62. The Bertz CT molecular complexity index is 535. The first-order chi connectivity index (χ1) is 7.58. The number of aryl methyl sites for hydroxylation is 1. The molecule has 0 radical (unpaired) electrons. The lowest BCUT2D eigenvalue weighted by Gasteiger charge is -2.06. The van der Waals surface area contributed by atoms with Gasteiger partial charge in [-0.15, -0.1) is 0 Å². The van der Waals surface area contributed by atoms with Crippen LogP contribution in [-0.2, 0) is 0 Å². The Kier molecular flexibility index (Phi) is 2.92. The molecule has 2 rings (SSSR count). The standard InChI is InChI=1S/C13H9ClF2/c1-8-2-5-12(15)11(6-8)10-4-3-9(14)7-13(10)16/h2-7H,1H3. The van der Waals surface area contributed by atoms with E-state index in [2.05, 4.69) is 0 Å². The molecule has 0 N–H and O–H groups in total. The summed E-state index contributed by atoms with van der Waals surface area (Å²) in [6, 6.07) is 8.79. The van der Waals surface area contributed by atoms with Crippen LogP contribution in [-0.4, -0.2) is 0 Å². The van der Waals surface area contributed by atoms with E-state index in [9.17, 15) is 8.78 Å². The molecule has 82 valence electrons. The second kappa shape index (κ2) is 4.22. The third-order valence-corrected chi connectivity index (χ3v) is 2.58. The zero-order chi connectivity index (χ0) is 11.7. The predicted molar refractivity (Wildman–Crippen MR) is 61.5 cm³/mol. The third kappa shape index (κ3) is 2.07. The summed E-state index contributed by atoms with van der Waals surface area (Å²) in [6.45, 7) is 1.83. The second-order valence-electron chi connectivity index (χ2n) is 3.61. The summed E-state index contributed by atoms with van der Waals surface area (Å²) in [6.07, 6.45) is 0. The molecule has 0 amide bonds. The van der Waals surface area contributed by atoms with Crippen molar-refractivity contribution >= 4 is 11.6 Å². The van der Waals surface area contributed by atoms with E-state index in [1.807, 2.05) is 6.92 Å². The Morgan fingerprint density at radius 2 is 1.62 bits per heavy atom. The maximum absolute atomic E-state index is 13.6. The van der Waals surface area contributed by atoms with E-state index in [4.69, 9.17) is 11.6 Å². The van der Waals surface area contributed by atoms with Crippen LogP contribution in [0.15, 0.2) is 36.4 Å². The number of hydrogen-bond donors (Lipinski definition) is 0. The monoisotopic (exact) mass is 238 g/mol. The van der Waals surface area contributed by atoms with Gasteiger partial charge in [0.2, 0.25) is 0 Å². The highest BCUT2D eigenvalue weighted by atomic mass is 35.5. The number of rotatable bonds is 1. The van der Waals surface area contributed by atoms with Gasteiger partial charge < -0.3 is 0 Å². The topological polar surface area (TPSA) is 0 Å². The van der Waals surface area contributed by atoms with Gasteiger partial charge in [-0.1, -0.05) is 23.2 Å². The van der Waals surface area contributed by atoms with E-state index in [1.54, 1.807) is 18.2 Å². The molecule has 0 fully saturated rings. The molecule has 0 aliphatic rings. The van der Waals surface area contributed by atoms with E-state index < -0.39 is 11.6 Å².